The maximum Gasteiger partial charge on any atom is 0.308 e. The largest absolute Gasteiger partial charge is 0.497 e. The summed E-state index contributed by atoms with van der Waals surface area (Å²) in [6, 6.07) is 1.26. The number of rotatable bonds is 4. The Morgan fingerprint density at radius 3 is 2.39 bits per heavy atom. The monoisotopic (exact) mass is 325 g/mol. The Hall–Kier alpha value is -2.18. The second-order valence-electron chi connectivity index (χ2n) is 6.16. The van der Waals surface area contributed by atoms with Crippen LogP contribution in [0.1, 0.15) is 29.6 Å². The molecule has 0 saturated heterocycles. The van der Waals surface area contributed by atoms with Gasteiger partial charge < -0.3 is 15.2 Å². The van der Waals surface area contributed by atoms with E-state index in [1.807, 2.05) is 0 Å². The van der Waals surface area contributed by atoms with E-state index in [0.29, 0.717) is 0 Å². The molecule has 4 atom stereocenters. The predicted octanol–water partition coefficient (Wildman–Crippen LogP) is 2.20. The number of carboxylic acids is 1. The quantitative estimate of drug-likeness (QED) is 0.890. The zero-order chi connectivity index (χ0) is 16.7. The molecular formula is C16H17F2NO4. The molecule has 1 aromatic carbocycles. The molecule has 23 heavy (non-hydrogen) atoms. The number of methoxy groups -OCH3 is 1. The van der Waals surface area contributed by atoms with Crippen LogP contribution < -0.4 is 10.1 Å². The number of carboxylic acid groups (broad SMARTS) is 1. The van der Waals surface area contributed by atoms with Crippen LogP contribution in [0, 0.1) is 29.4 Å². The first-order chi connectivity index (χ1) is 10.9. The molecule has 2 aliphatic carbocycles. The summed E-state index contributed by atoms with van der Waals surface area (Å²) in [7, 11) is 1.26. The highest BCUT2D eigenvalue weighted by Gasteiger charge is 2.51. The molecule has 0 spiro atoms. The minimum absolute atomic E-state index is 0.0216. The highest BCUT2D eigenvalue weighted by Crippen LogP contribution is 2.48. The molecule has 0 heterocycles. The fraction of sp³-hybridized carbons (Fsp3) is 0.500. The number of benzene rings is 1. The van der Waals surface area contributed by atoms with Crippen molar-refractivity contribution in [3.05, 3.63) is 29.3 Å². The summed E-state index contributed by atoms with van der Waals surface area (Å²) in [4.78, 5) is 23.7. The Bertz CT molecular complexity index is 640. The number of halogens is 2. The van der Waals surface area contributed by atoms with Crippen LogP contribution in [0.5, 0.6) is 5.75 Å². The molecule has 0 aliphatic heterocycles. The van der Waals surface area contributed by atoms with Gasteiger partial charge in [0.2, 0.25) is 0 Å². The van der Waals surface area contributed by atoms with Crippen molar-refractivity contribution in [2.45, 2.75) is 25.3 Å². The van der Waals surface area contributed by atoms with E-state index in [9.17, 15) is 23.5 Å². The summed E-state index contributed by atoms with van der Waals surface area (Å²) in [6.45, 7) is 0. The highest BCUT2D eigenvalue weighted by atomic mass is 19.1. The van der Waals surface area contributed by atoms with Crippen LogP contribution in [0.15, 0.2) is 12.1 Å². The first-order valence-electron chi connectivity index (χ1n) is 7.49. The minimum Gasteiger partial charge on any atom is -0.497 e. The van der Waals surface area contributed by atoms with Gasteiger partial charge >= 0.3 is 5.97 Å². The number of nitrogens with one attached hydrogen (secondary N) is 1. The molecule has 2 fully saturated rings. The van der Waals surface area contributed by atoms with Crippen molar-refractivity contribution in [2.24, 2.45) is 17.8 Å². The summed E-state index contributed by atoms with van der Waals surface area (Å²) < 4.78 is 32.7. The Kier molecular flexibility index (Phi) is 3.95. The van der Waals surface area contributed by atoms with Gasteiger partial charge in [-0.1, -0.05) is 0 Å². The summed E-state index contributed by atoms with van der Waals surface area (Å²) in [6.07, 6.45) is 2.38. The summed E-state index contributed by atoms with van der Waals surface area (Å²) in [5, 5.41) is 11.9. The van der Waals surface area contributed by atoms with E-state index in [-0.39, 0.29) is 17.6 Å². The van der Waals surface area contributed by atoms with E-state index in [4.69, 9.17) is 4.74 Å². The number of ether oxygens (including phenoxy) is 1. The molecule has 2 N–H and O–H groups in total. The van der Waals surface area contributed by atoms with Gasteiger partial charge in [0.1, 0.15) is 22.9 Å². The molecular weight excluding hydrogens is 308 g/mol. The lowest BCUT2D eigenvalue weighted by atomic mass is 9.84. The summed E-state index contributed by atoms with van der Waals surface area (Å²) in [5.74, 6) is -4.61. The molecule has 1 aromatic rings. The molecule has 0 unspecified atom stereocenters. The third-order valence-electron chi connectivity index (χ3n) is 4.98. The number of amides is 1. The Labute approximate surface area is 131 Å². The number of carbonyl (C=O) groups excluding carboxylic acids is 1. The zero-order valence-electron chi connectivity index (χ0n) is 12.5. The van der Waals surface area contributed by atoms with E-state index in [1.165, 1.54) is 7.11 Å². The number of hydrogen-bond donors (Lipinski definition) is 2. The average molecular weight is 325 g/mol. The SMILES string of the molecule is COc1cc(F)c(C(=O)N[C@H]2[C@@H]3CC[C@@H](C3)[C@H]2C(=O)O)c(F)c1. The molecule has 1 amide bonds. The fourth-order valence-corrected chi connectivity index (χ4v) is 3.96. The van der Waals surface area contributed by atoms with E-state index in [1.54, 1.807) is 0 Å². The van der Waals surface area contributed by atoms with Gasteiger partial charge in [-0.25, -0.2) is 8.78 Å². The van der Waals surface area contributed by atoms with Crippen molar-refractivity contribution < 1.29 is 28.2 Å². The lowest BCUT2D eigenvalue weighted by molar-refractivity contribution is -0.144. The van der Waals surface area contributed by atoms with E-state index in [2.05, 4.69) is 5.32 Å². The maximum atomic E-state index is 14.0. The summed E-state index contributed by atoms with van der Waals surface area (Å²) >= 11 is 0. The minimum atomic E-state index is -1.03. The van der Waals surface area contributed by atoms with E-state index in [0.717, 1.165) is 31.4 Å². The smallest absolute Gasteiger partial charge is 0.308 e. The molecule has 2 bridgehead atoms. The van der Waals surface area contributed by atoms with Gasteiger partial charge in [-0.05, 0) is 31.1 Å². The molecule has 124 valence electrons. The van der Waals surface area contributed by atoms with Crippen molar-refractivity contribution in [1.29, 1.82) is 0 Å². The third-order valence-corrected chi connectivity index (χ3v) is 4.98. The Morgan fingerprint density at radius 2 is 1.83 bits per heavy atom. The van der Waals surface area contributed by atoms with Gasteiger partial charge in [-0.3, -0.25) is 9.59 Å². The van der Waals surface area contributed by atoms with Crippen molar-refractivity contribution in [2.75, 3.05) is 7.11 Å². The van der Waals surface area contributed by atoms with Gasteiger partial charge in [0.15, 0.2) is 0 Å². The second kappa shape index (κ2) is 5.79. The zero-order valence-corrected chi connectivity index (χ0v) is 12.5. The van der Waals surface area contributed by atoms with E-state index >= 15 is 0 Å². The normalized spacial score (nSPS) is 28.7. The number of hydrogen-bond acceptors (Lipinski definition) is 3. The molecule has 0 radical (unpaired) electrons. The topological polar surface area (TPSA) is 75.6 Å². The summed E-state index contributed by atoms with van der Waals surface area (Å²) in [5.41, 5.74) is -0.710. The van der Waals surface area contributed by atoms with Gasteiger partial charge in [0.05, 0.1) is 13.0 Å². The molecule has 3 rings (SSSR count). The van der Waals surface area contributed by atoms with Gasteiger partial charge in [0, 0.05) is 18.2 Å². The fourth-order valence-electron chi connectivity index (χ4n) is 3.96. The predicted molar refractivity (Wildman–Crippen MR) is 76.1 cm³/mol. The van der Waals surface area contributed by atoms with Crippen LogP contribution >= 0.6 is 0 Å². The molecule has 2 saturated carbocycles. The van der Waals surface area contributed by atoms with Crippen LogP contribution in [0.4, 0.5) is 8.78 Å². The highest BCUT2D eigenvalue weighted by molar-refractivity contribution is 5.95. The van der Waals surface area contributed by atoms with Crippen LogP contribution in [0.25, 0.3) is 0 Å². The van der Waals surface area contributed by atoms with Gasteiger partial charge in [-0.15, -0.1) is 0 Å². The standard InChI is InChI=1S/C16H17F2NO4/c1-23-9-5-10(17)13(11(18)6-9)15(20)19-14-8-3-2-7(4-8)12(14)16(21)22/h5-8,12,14H,2-4H2,1H3,(H,19,20)(H,21,22)/t7-,8+,12+,14-/m0/s1. The average Bonchev–Trinajstić information content (AvgIpc) is 3.07. The lowest BCUT2D eigenvalue weighted by Gasteiger charge is -2.29. The maximum absolute atomic E-state index is 14.0. The molecule has 7 heteroatoms. The third kappa shape index (κ3) is 2.64. The number of fused-ring (bicyclic) bond motifs is 2. The first kappa shape index (κ1) is 15.7. The van der Waals surface area contributed by atoms with Crippen LogP contribution in [0.3, 0.4) is 0 Å². The molecule has 0 aromatic heterocycles. The van der Waals surface area contributed by atoms with Crippen molar-refractivity contribution in [3.63, 3.8) is 0 Å². The van der Waals surface area contributed by atoms with Crippen LogP contribution in [-0.2, 0) is 4.79 Å². The number of aliphatic carboxylic acids is 1. The lowest BCUT2D eigenvalue weighted by Crippen LogP contribution is -2.47. The Morgan fingerprint density at radius 1 is 1.22 bits per heavy atom. The van der Waals surface area contributed by atoms with Gasteiger partial charge in [0.25, 0.3) is 5.91 Å². The first-order valence-corrected chi connectivity index (χ1v) is 7.49. The Balaban J connectivity index is 1.83. The second-order valence-corrected chi connectivity index (χ2v) is 6.16. The van der Waals surface area contributed by atoms with Crippen LogP contribution in [-0.4, -0.2) is 30.1 Å². The molecule has 5 nitrogen and oxygen atoms in total. The van der Waals surface area contributed by atoms with E-state index < -0.39 is 41.0 Å². The van der Waals surface area contributed by atoms with Crippen molar-refractivity contribution in [1.82, 2.24) is 5.32 Å². The van der Waals surface area contributed by atoms with Gasteiger partial charge in [-0.2, -0.15) is 0 Å². The van der Waals surface area contributed by atoms with Crippen molar-refractivity contribution >= 4 is 11.9 Å². The number of carbonyl (C=O) groups is 2. The van der Waals surface area contributed by atoms with Crippen molar-refractivity contribution in [3.8, 4) is 5.75 Å². The van der Waals surface area contributed by atoms with Crippen LogP contribution in [0.2, 0.25) is 0 Å². The molecule has 2 aliphatic rings.